The van der Waals surface area contributed by atoms with Gasteiger partial charge in [0.2, 0.25) is 0 Å². The monoisotopic (exact) mass is 318 g/mol. The zero-order chi connectivity index (χ0) is 15.7. The van der Waals surface area contributed by atoms with Crippen molar-refractivity contribution < 1.29 is 9.47 Å². The summed E-state index contributed by atoms with van der Waals surface area (Å²) >= 11 is 1.31. The molecule has 0 radical (unpaired) electrons. The Morgan fingerprint density at radius 3 is 2.64 bits per heavy atom. The Morgan fingerprint density at radius 1 is 1.14 bits per heavy atom. The molecule has 0 saturated heterocycles. The quantitative estimate of drug-likeness (QED) is 0.796. The van der Waals surface area contributed by atoms with E-state index in [1.165, 1.54) is 23.0 Å². The van der Waals surface area contributed by atoms with Crippen LogP contribution in [0.4, 0.5) is 0 Å². The molecule has 1 aromatic carbocycles. The summed E-state index contributed by atoms with van der Waals surface area (Å²) < 4.78 is 12.1. The van der Waals surface area contributed by atoms with Gasteiger partial charge in [0.25, 0.3) is 5.56 Å². The number of H-pyrrole nitrogens is 1. The highest BCUT2D eigenvalue weighted by atomic mass is 32.1. The van der Waals surface area contributed by atoms with E-state index in [1.807, 2.05) is 0 Å². The van der Waals surface area contributed by atoms with Gasteiger partial charge in [-0.05, 0) is 29.1 Å². The highest BCUT2D eigenvalue weighted by molar-refractivity contribution is 7.17. The molecule has 0 aliphatic heterocycles. The fourth-order valence-corrected chi connectivity index (χ4v) is 3.07. The third kappa shape index (κ3) is 2.39. The van der Waals surface area contributed by atoms with Crippen molar-refractivity contribution in [1.82, 2.24) is 9.55 Å². The van der Waals surface area contributed by atoms with Crippen molar-refractivity contribution in [2.75, 3.05) is 14.2 Å². The van der Waals surface area contributed by atoms with Crippen LogP contribution in [0.3, 0.4) is 0 Å². The summed E-state index contributed by atoms with van der Waals surface area (Å²) in [6, 6.07) is 7.02. The number of ether oxygens (including phenoxy) is 2. The summed E-state index contributed by atoms with van der Waals surface area (Å²) in [6.45, 7) is 0.169. The number of benzene rings is 1. The number of thiophene rings is 1. The summed E-state index contributed by atoms with van der Waals surface area (Å²) in [5.41, 5.74) is 0.638. The van der Waals surface area contributed by atoms with Crippen molar-refractivity contribution in [3.8, 4) is 11.5 Å². The molecule has 3 rings (SSSR count). The first-order chi connectivity index (χ1) is 10.6. The summed E-state index contributed by atoms with van der Waals surface area (Å²) in [6.07, 6.45) is 0. The van der Waals surface area contributed by atoms with E-state index in [-0.39, 0.29) is 12.1 Å². The van der Waals surface area contributed by atoms with Gasteiger partial charge in [0.05, 0.1) is 26.3 Å². The Kier molecular flexibility index (Phi) is 3.72. The molecule has 0 unspecified atom stereocenters. The molecule has 0 amide bonds. The number of aromatic nitrogens is 2. The molecule has 0 aliphatic rings. The van der Waals surface area contributed by atoms with Crippen molar-refractivity contribution in [2.24, 2.45) is 0 Å². The second-order valence-electron chi connectivity index (χ2n) is 4.67. The lowest BCUT2D eigenvalue weighted by molar-refractivity contribution is 0.354. The normalized spacial score (nSPS) is 10.8. The molecular weight excluding hydrogens is 304 g/mol. The molecule has 0 fully saturated rings. The van der Waals surface area contributed by atoms with Gasteiger partial charge in [-0.1, -0.05) is 6.07 Å². The highest BCUT2D eigenvalue weighted by Gasteiger charge is 2.11. The predicted molar refractivity (Wildman–Crippen MR) is 85.4 cm³/mol. The Labute approximate surface area is 129 Å². The second-order valence-corrected chi connectivity index (χ2v) is 5.59. The van der Waals surface area contributed by atoms with Crippen molar-refractivity contribution in [3.05, 3.63) is 56.0 Å². The molecule has 2 heterocycles. The van der Waals surface area contributed by atoms with E-state index in [2.05, 4.69) is 4.98 Å². The van der Waals surface area contributed by atoms with Crippen LogP contribution in [0, 0.1) is 0 Å². The van der Waals surface area contributed by atoms with Crippen LogP contribution in [0.25, 0.3) is 10.2 Å². The minimum absolute atomic E-state index is 0.169. The fraction of sp³-hybridized carbons (Fsp3) is 0.200. The Bertz CT molecular complexity index is 939. The summed E-state index contributed by atoms with van der Waals surface area (Å²) in [5.74, 6) is 1.16. The molecule has 7 heteroatoms. The molecule has 0 aliphatic carbocycles. The number of nitrogens with zero attached hydrogens (tertiary/aromatic N) is 1. The van der Waals surface area contributed by atoms with E-state index in [0.29, 0.717) is 21.7 Å². The molecule has 114 valence electrons. The number of nitrogens with one attached hydrogen (secondary N) is 1. The van der Waals surface area contributed by atoms with Crippen LogP contribution in [0.2, 0.25) is 0 Å². The Balaban J connectivity index is 2.07. The zero-order valence-electron chi connectivity index (χ0n) is 12.1. The van der Waals surface area contributed by atoms with E-state index in [9.17, 15) is 9.59 Å². The predicted octanol–water partition coefficient (Wildman–Crippen LogP) is 1.82. The molecule has 0 spiro atoms. The van der Waals surface area contributed by atoms with Crippen LogP contribution in [0.5, 0.6) is 11.5 Å². The van der Waals surface area contributed by atoms with Crippen LogP contribution < -0.4 is 20.7 Å². The lowest BCUT2D eigenvalue weighted by Crippen LogP contribution is -2.34. The Morgan fingerprint density at radius 2 is 1.91 bits per heavy atom. The number of aromatic amines is 1. The van der Waals surface area contributed by atoms with Gasteiger partial charge >= 0.3 is 5.69 Å². The maximum atomic E-state index is 12.4. The molecule has 3 aromatic rings. The van der Waals surface area contributed by atoms with Crippen molar-refractivity contribution in [3.63, 3.8) is 0 Å². The number of hydrogen-bond acceptors (Lipinski definition) is 5. The maximum Gasteiger partial charge on any atom is 0.329 e. The first kappa shape index (κ1) is 14.4. The van der Waals surface area contributed by atoms with Crippen LogP contribution in [-0.4, -0.2) is 23.8 Å². The number of hydrogen-bond donors (Lipinski definition) is 1. The molecule has 2 aromatic heterocycles. The van der Waals surface area contributed by atoms with E-state index < -0.39 is 5.69 Å². The standard InChI is InChI=1S/C15H14N2O4S/c1-20-11-4-3-9(7-12(11)21-2)8-17-14(18)13-10(5-6-22-13)16-15(17)19/h3-7H,8H2,1-2H3,(H,16,19). The topological polar surface area (TPSA) is 73.3 Å². The van der Waals surface area contributed by atoms with E-state index >= 15 is 0 Å². The minimum atomic E-state index is -0.425. The summed E-state index contributed by atoms with van der Waals surface area (Å²) in [5, 5.41) is 1.78. The van der Waals surface area contributed by atoms with Gasteiger partial charge in [-0.3, -0.25) is 9.36 Å². The second kappa shape index (κ2) is 5.69. The van der Waals surface area contributed by atoms with Crippen molar-refractivity contribution >= 4 is 21.6 Å². The van der Waals surface area contributed by atoms with Crippen LogP contribution in [0.1, 0.15) is 5.56 Å². The fourth-order valence-electron chi connectivity index (χ4n) is 2.28. The smallest absolute Gasteiger partial charge is 0.329 e. The van der Waals surface area contributed by atoms with Gasteiger partial charge in [-0.25, -0.2) is 4.79 Å². The lowest BCUT2D eigenvalue weighted by Gasteiger charge is -2.10. The van der Waals surface area contributed by atoms with Gasteiger partial charge in [-0.2, -0.15) is 0 Å². The zero-order valence-corrected chi connectivity index (χ0v) is 12.9. The van der Waals surface area contributed by atoms with Gasteiger partial charge in [0, 0.05) is 0 Å². The molecule has 0 saturated carbocycles. The number of rotatable bonds is 4. The Hall–Kier alpha value is -2.54. The van der Waals surface area contributed by atoms with Crippen molar-refractivity contribution in [2.45, 2.75) is 6.54 Å². The highest BCUT2D eigenvalue weighted by Crippen LogP contribution is 2.27. The van der Waals surface area contributed by atoms with E-state index in [1.54, 1.807) is 36.8 Å². The van der Waals surface area contributed by atoms with Gasteiger partial charge < -0.3 is 14.5 Å². The largest absolute Gasteiger partial charge is 0.493 e. The number of fused-ring (bicyclic) bond motifs is 1. The first-order valence-electron chi connectivity index (χ1n) is 6.55. The van der Waals surface area contributed by atoms with Gasteiger partial charge in [-0.15, -0.1) is 11.3 Å². The van der Waals surface area contributed by atoms with E-state index in [4.69, 9.17) is 9.47 Å². The summed E-state index contributed by atoms with van der Waals surface area (Å²) in [7, 11) is 3.09. The molecular formula is C15H14N2O4S. The van der Waals surface area contributed by atoms with Crippen LogP contribution in [-0.2, 0) is 6.54 Å². The van der Waals surface area contributed by atoms with Gasteiger partial charge in [0.1, 0.15) is 4.70 Å². The third-order valence-corrected chi connectivity index (χ3v) is 4.28. The third-order valence-electron chi connectivity index (χ3n) is 3.38. The van der Waals surface area contributed by atoms with Gasteiger partial charge in [0.15, 0.2) is 11.5 Å². The maximum absolute atomic E-state index is 12.4. The molecule has 0 bridgehead atoms. The van der Waals surface area contributed by atoms with Crippen LogP contribution in [0.15, 0.2) is 39.2 Å². The summed E-state index contributed by atoms with van der Waals surface area (Å²) in [4.78, 5) is 27.2. The van der Waals surface area contributed by atoms with E-state index in [0.717, 1.165) is 5.56 Å². The molecule has 22 heavy (non-hydrogen) atoms. The molecule has 0 atom stereocenters. The van der Waals surface area contributed by atoms with Crippen LogP contribution >= 0.6 is 11.3 Å². The average molecular weight is 318 g/mol. The van der Waals surface area contributed by atoms with Crippen molar-refractivity contribution in [1.29, 1.82) is 0 Å². The number of methoxy groups -OCH3 is 2. The lowest BCUT2D eigenvalue weighted by atomic mass is 10.2. The SMILES string of the molecule is COc1ccc(Cn2c(=O)[nH]c3ccsc3c2=O)cc1OC. The first-order valence-corrected chi connectivity index (χ1v) is 7.43. The molecule has 6 nitrogen and oxygen atoms in total. The minimum Gasteiger partial charge on any atom is -0.493 e. The molecule has 1 N–H and O–H groups in total. The average Bonchev–Trinajstić information content (AvgIpc) is 2.99.